The number of ether oxygens (including phenoxy) is 2. The average Bonchev–Trinajstić information content (AvgIpc) is 3.08. The molecular weight excluding hydrogens is 346 g/mol. The molecule has 1 unspecified atom stereocenters. The second-order valence-corrected chi connectivity index (χ2v) is 9.23. The Kier molecular flexibility index (Phi) is 3.77. The number of hydrogen-bond acceptors (Lipinski definition) is 5. The van der Waals surface area contributed by atoms with Crippen LogP contribution in [0.1, 0.15) is 53.4 Å². The number of carbonyl (C=O) groups excluding carboxylic acids is 3. The van der Waals surface area contributed by atoms with Crippen molar-refractivity contribution < 1.29 is 23.9 Å². The van der Waals surface area contributed by atoms with Gasteiger partial charge in [0.05, 0.1) is 12.0 Å². The van der Waals surface area contributed by atoms with Crippen LogP contribution in [-0.4, -0.2) is 40.6 Å². The van der Waals surface area contributed by atoms with Crippen LogP contribution in [0.25, 0.3) is 0 Å². The second-order valence-electron chi connectivity index (χ2n) is 9.23. The Hall–Kier alpha value is -1.95. The number of hydrogen-bond donors (Lipinski definition) is 0. The van der Waals surface area contributed by atoms with Gasteiger partial charge in [-0.05, 0) is 46.1 Å². The molecule has 27 heavy (non-hydrogen) atoms. The fourth-order valence-corrected chi connectivity index (χ4v) is 5.74. The predicted molar refractivity (Wildman–Crippen MR) is 97.5 cm³/mol. The third kappa shape index (κ3) is 2.08. The molecule has 6 nitrogen and oxygen atoms in total. The number of nitrogens with zero attached hydrogens (tertiary/aromatic N) is 1. The molecule has 6 heteroatoms. The Morgan fingerprint density at radius 1 is 1.41 bits per heavy atom. The summed E-state index contributed by atoms with van der Waals surface area (Å²) in [6, 6.07) is 0. The van der Waals surface area contributed by atoms with Gasteiger partial charge in [0, 0.05) is 17.3 Å². The summed E-state index contributed by atoms with van der Waals surface area (Å²) in [5.41, 5.74) is -2.99. The van der Waals surface area contributed by atoms with E-state index >= 15 is 0 Å². The largest absolute Gasteiger partial charge is 0.443 e. The lowest BCUT2D eigenvalue weighted by Crippen LogP contribution is -2.57. The summed E-state index contributed by atoms with van der Waals surface area (Å²) >= 11 is 0. The number of amides is 2. The quantitative estimate of drug-likeness (QED) is 0.560. The lowest BCUT2D eigenvalue weighted by atomic mass is 9.52. The monoisotopic (exact) mass is 373 g/mol. The smallest absolute Gasteiger partial charge is 0.419 e. The van der Waals surface area contributed by atoms with Gasteiger partial charge in [0.2, 0.25) is 5.91 Å². The van der Waals surface area contributed by atoms with Crippen molar-refractivity contribution in [3.63, 3.8) is 0 Å². The molecule has 2 amide bonds. The van der Waals surface area contributed by atoms with Gasteiger partial charge in [-0.1, -0.05) is 25.2 Å². The van der Waals surface area contributed by atoms with Crippen molar-refractivity contribution >= 4 is 18.3 Å². The van der Waals surface area contributed by atoms with E-state index in [9.17, 15) is 14.4 Å². The zero-order valence-corrected chi connectivity index (χ0v) is 16.4. The van der Waals surface area contributed by atoms with E-state index in [0.717, 1.165) is 12.7 Å². The topological polar surface area (TPSA) is 72.9 Å². The second kappa shape index (κ2) is 5.53. The van der Waals surface area contributed by atoms with Crippen LogP contribution in [0.4, 0.5) is 4.79 Å². The number of allylic oxidation sites excluding steroid dienone is 1. The molecule has 2 bridgehead atoms. The van der Waals surface area contributed by atoms with E-state index in [4.69, 9.17) is 9.47 Å². The molecule has 3 heterocycles. The fourth-order valence-electron chi connectivity index (χ4n) is 5.74. The van der Waals surface area contributed by atoms with E-state index in [2.05, 4.69) is 12.2 Å². The third-order valence-electron chi connectivity index (χ3n) is 6.86. The number of imide groups is 1. The van der Waals surface area contributed by atoms with E-state index in [1.807, 2.05) is 19.1 Å². The van der Waals surface area contributed by atoms with Gasteiger partial charge in [-0.2, -0.15) is 0 Å². The van der Waals surface area contributed by atoms with Gasteiger partial charge in [-0.3, -0.25) is 4.79 Å². The van der Waals surface area contributed by atoms with Crippen LogP contribution in [0.2, 0.25) is 0 Å². The first-order valence-corrected chi connectivity index (χ1v) is 9.68. The maximum absolute atomic E-state index is 13.4. The van der Waals surface area contributed by atoms with Crippen LogP contribution in [-0.2, 0) is 19.1 Å². The summed E-state index contributed by atoms with van der Waals surface area (Å²) in [5, 5.41) is 0. The molecule has 4 rings (SSSR count). The molecular formula is C21H27NO5. The molecule has 0 aromatic carbocycles. The number of aldehydes is 1. The Morgan fingerprint density at radius 3 is 2.81 bits per heavy atom. The van der Waals surface area contributed by atoms with Crippen LogP contribution < -0.4 is 0 Å². The van der Waals surface area contributed by atoms with Crippen LogP contribution in [0.15, 0.2) is 24.3 Å². The number of carbonyl (C=O) groups is 3. The van der Waals surface area contributed by atoms with E-state index in [1.165, 1.54) is 4.90 Å². The van der Waals surface area contributed by atoms with Crippen molar-refractivity contribution in [2.75, 3.05) is 0 Å². The SMILES string of the molecule is CC(C)(C)OC(=O)N1C(=O)[C@@H]2CCC=C[C@@]3(CCC=O)C4C=C[C@@]1(O4)[C@@]23C. The average molecular weight is 373 g/mol. The number of fused-ring (bicyclic) bond motifs is 2. The van der Waals surface area contributed by atoms with E-state index < -0.39 is 28.2 Å². The molecule has 5 atom stereocenters. The Labute approximate surface area is 159 Å². The van der Waals surface area contributed by atoms with Crippen LogP contribution in [0.3, 0.4) is 0 Å². The van der Waals surface area contributed by atoms with Gasteiger partial charge in [0.25, 0.3) is 0 Å². The first kappa shape index (κ1) is 18.4. The van der Waals surface area contributed by atoms with Gasteiger partial charge in [0.1, 0.15) is 11.9 Å². The summed E-state index contributed by atoms with van der Waals surface area (Å²) in [7, 11) is 0. The predicted octanol–water partition coefficient (Wildman–Crippen LogP) is 3.37. The highest BCUT2D eigenvalue weighted by Gasteiger charge is 2.82. The van der Waals surface area contributed by atoms with Crippen LogP contribution in [0.5, 0.6) is 0 Å². The summed E-state index contributed by atoms with van der Waals surface area (Å²) in [6.07, 6.45) is 10.4. The molecule has 1 aliphatic carbocycles. The summed E-state index contributed by atoms with van der Waals surface area (Å²) in [6.45, 7) is 7.39. The van der Waals surface area contributed by atoms with E-state index in [1.54, 1.807) is 20.8 Å². The van der Waals surface area contributed by atoms with Crippen molar-refractivity contribution in [1.82, 2.24) is 4.90 Å². The maximum atomic E-state index is 13.4. The molecule has 0 radical (unpaired) electrons. The molecule has 0 N–H and O–H groups in total. The van der Waals surface area contributed by atoms with E-state index in [0.29, 0.717) is 19.3 Å². The molecule has 0 saturated carbocycles. The highest BCUT2D eigenvalue weighted by atomic mass is 16.6. The van der Waals surface area contributed by atoms with Gasteiger partial charge in [0.15, 0.2) is 5.72 Å². The standard InChI is InChI=1S/C21H27NO5/c1-18(2,3)27-17(25)22-16(24)14-8-5-6-10-20(11-7-13-23)15-9-12-21(22,26-15)19(14,20)4/h6,9-10,12-15H,5,7-8,11H2,1-4H3/t14-,15?,19-,20+,21+/m0/s1. The van der Waals surface area contributed by atoms with Gasteiger partial charge >= 0.3 is 6.09 Å². The Bertz CT molecular complexity index is 765. The number of rotatable bonds is 3. The molecule has 1 spiro atoms. The van der Waals surface area contributed by atoms with Gasteiger partial charge < -0.3 is 14.3 Å². The molecule has 2 saturated heterocycles. The minimum Gasteiger partial charge on any atom is -0.443 e. The van der Waals surface area contributed by atoms with Crippen molar-refractivity contribution in [3.8, 4) is 0 Å². The summed E-state index contributed by atoms with van der Waals surface area (Å²) in [5.74, 6) is -0.599. The summed E-state index contributed by atoms with van der Waals surface area (Å²) < 4.78 is 12.0. The highest BCUT2D eigenvalue weighted by molar-refractivity contribution is 5.98. The van der Waals surface area contributed by atoms with Crippen molar-refractivity contribution in [3.05, 3.63) is 24.3 Å². The Balaban J connectivity index is 1.86. The van der Waals surface area contributed by atoms with Crippen molar-refractivity contribution in [1.29, 1.82) is 0 Å². The van der Waals surface area contributed by atoms with Gasteiger partial charge in [-0.15, -0.1) is 0 Å². The maximum Gasteiger partial charge on any atom is 0.419 e. The molecule has 2 fully saturated rings. The lowest BCUT2D eigenvalue weighted by molar-refractivity contribution is -0.143. The fraction of sp³-hybridized carbons (Fsp3) is 0.667. The zero-order valence-electron chi connectivity index (χ0n) is 16.4. The number of likely N-dealkylation sites (tertiary alicyclic amines) is 1. The molecule has 0 aromatic rings. The molecule has 3 aliphatic heterocycles. The van der Waals surface area contributed by atoms with Crippen molar-refractivity contribution in [2.45, 2.75) is 70.8 Å². The highest BCUT2D eigenvalue weighted by Crippen LogP contribution is 2.73. The third-order valence-corrected chi connectivity index (χ3v) is 6.86. The molecule has 146 valence electrons. The molecule has 0 aromatic heterocycles. The van der Waals surface area contributed by atoms with Crippen LogP contribution >= 0.6 is 0 Å². The van der Waals surface area contributed by atoms with Crippen LogP contribution in [0, 0.1) is 16.7 Å². The Morgan fingerprint density at radius 2 is 2.15 bits per heavy atom. The lowest BCUT2D eigenvalue weighted by Gasteiger charge is -2.48. The van der Waals surface area contributed by atoms with E-state index in [-0.39, 0.29) is 17.9 Å². The normalized spacial score (nSPS) is 41.6. The first-order valence-electron chi connectivity index (χ1n) is 9.68. The first-order chi connectivity index (χ1) is 12.6. The minimum atomic E-state index is -1.15. The van der Waals surface area contributed by atoms with Crippen molar-refractivity contribution in [2.24, 2.45) is 16.7 Å². The van der Waals surface area contributed by atoms with Gasteiger partial charge in [-0.25, -0.2) is 9.69 Å². The molecule has 4 aliphatic rings. The minimum absolute atomic E-state index is 0.240. The zero-order chi connectivity index (χ0) is 19.7. The summed E-state index contributed by atoms with van der Waals surface area (Å²) in [4.78, 5) is 38.8.